The Bertz CT molecular complexity index is 456. The highest BCUT2D eigenvalue weighted by molar-refractivity contribution is 5.48. The third-order valence-electron chi connectivity index (χ3n) is 4.29. The molecule has 4 heteroatoms. The maximum Gasteiger partial charge on any atom is 0.136 e. The van der Waals surface area contributed by atoms with Gasteiger partial charge in [0.2, 0.25) is 0 Å². The molecule has 2 aliphatic carbocycles. The van der Waals surface area contributed by atoms with Crippen molar-refractivity contribution >= 4 is 11.6 Å². The van der Waals surface area contributed by atoms with Crippen molar-refractivity contribution < 1.29 is 0 Å². The van der Waals surface area contributed by atoms with Crippen LogP contribution in [-0.2, 0) is 0 Å². The summed E-state index contributed by atoms with van der Waals surface area (Å²) in [6.07, 6.45) is 7.47. The number of rotatable bonds is 6. The van der Waals surface area contributed by atoms with Crippen molar-refractivity contribution in [3.63, 3.8) is 0 Å². The van der Waals surface area contributed by atoms with E-state index in [9.17, 15) is 0 Å². The van der Waals surface area contributed by atoms with Gasteiger partial charge in [0.25, 0.3) is 0 Å². The first kappa shape index (κ1) is 13.7. The van der Waals surface area contributed by atoms with Gasteiger partial charge in [-0.2, -0.15) is 0 Å². The van der Waals surface area contributed by atoms with Gasteiger partial charge in [-0.1, -0.05) is 13.8 Å². The summed E-state index contributed by atoms with van der Waals surface area (Å²) in [7, 11) is 0. The molecule has 1 heterocycles. The van der Waals surface area contributed by atoms with Gasteiger partial charge in [-0.05, 0) is 44.4 Å². The molecule has 2 N–H and O–H groups in total. The molecule has 0 saturated heterocycles. The van der Waals surface area contributed by atoms with Gasteiger partial charge in [-0.3, -0.25) is 0 Å². The zero-order chi connectivity index (χ0) is 13.9. The van der Waals surface area contributed by atoms with E-state index in [0.717, 1.165) is 36.3 Å². The van der Waals surface area contributed by atoms with Crippen molar-refractivity contribution in [2.45, 2.75) is 64.3 Å². The average Bonchev–Trinajstić information content (AvgIpc) is 3.21. The minimum atomic E-state index is 0.589. The van der Waals surface area contributed by atoms with E-state index in [1.165, 1.54) is 32.1 Å². The molecule has 20 heavy (non-hydrogen) atoms. The van der Waals surface area contributed by atoms with Crippen molar-refractivity contribution in [3.05, 3.63) is 11.9 Å². The maximum absolute atomic E-state index is 4.73. The van der Waals surface area contributed by atoms with Crippen LogP contribution in [0.2, 0.25) is 0 Å². The molecule has 2 unspecified atom stereocenters. The summed E-state index contributed by atoms with van der Waals surface area (Å²) >= 11 is 0. The van der Waals surface area contributed by atoms with Crippen molar-refractivity contribution in [3.8, 4) is 0 Å². The van der Waals surface area contributed by atoms with Crippen LogP contribution in [0.25, 0.3) is 0 Å². The lowest BCUT2D eigenvalue weighted by atomic mass is 10.1. The molecule has 0 bridgehead atoms. The Morgan fingerprint density at radius 3 is 2.60 bits per heavy atom. The van der Waals surface area contributed by atoms with Gasteiger partial charge < -0.3 is 10.6 Å². The topological polar surface area (TPSA) is 49.8 Å². The van der Waals surface area contributed by atoms with Crippen molar-refractivity contribution in [2.75, 3.05) is 17.2 Å². The first-order valence-corrected chi connectivity index (χ1v) is 8.14. The first-order chi connectivity index (χ1) is 9.74. The van der Waals surface area contributed by atoms with Gasteiger partial charge in [0.15, 0.2) is 0 Å². The van der Waals surface area contributed by atoms with Gasteiger partial charge in [0.1, 0.15) is 17.5 Å². The second kappa shape index (κ2) is 5.98. The maximum atomic E-state index is 4.73. The van der Waals surface area contributed by atoms with E-state index in [2.05, 4.69) is 35.5 Å². The van der Waals surface area contributed by atoms with Crippen LogP contribution in [0.15, 0.2) is 6.07 Å². The molecule has 110 valence electrons. The Morgan fingerprint density at radius 2 is 1.95 bits per heavy atom. The molecular weight excluding hydrogens is 248 g/mol. The van der Waals surface area contributed by atoms with Crippen LogP contribution in [0.4, 0.5) is 11.6 Å². The Balaban J connectivity index is 1.72. The molecule has 0 amide bonds. The predicted octanol–water partition coefficient (Wildman–Crippen LogP) is 3.78. The first-order valence-electron chi connectivity index (χ1n) is 8.14. The second-order valence-corrected chi connectivity index (χ2v) is 6.46. The van der Waals surface area contributed by atoms with E-state index in [4.69, 9.17) is 4.98 Å². The van der Waals surface area contributed by atoms with Gasteiger partial charge in [0.05, 0.1) is 0 Å². The van der Waals surface area contributed by atoms with Crippen LogP contribution in [-0.4, -0.2) is 22.6 Å². The Hall–Kier alpha value is -1.32. The van der Waals surface area contributed by atoms with Gasteiger partial charge in [0, 0.05) is 24.6 Å². The van der Waals surface area contributed by atoms with E-state index in [1.54, 1.807) is 0 Å². The number of anilines is 2. The number of nitrogens with zero attached hydrogens (tertiary/aromatic N) is 2. The summed E-state index contributed by atoms with van der Waals surface area (Å²) in [4.78, 5) is 9.39. The lowest BCUT2D eigenvalue weighted by Crippen LogP contribution is -2.17. The summed E-state index contributed by atoms with van der Waals surface area (Å²) in [5.41, 5.74) is 0. The van der Waals surface area contributed by atoms with Crippen LogP contribution in [0, 0.1) is 5.92 Å². The minimum absolute atomic E-state index is 0.589. The largest absolute Gasteiger partial charge is 0.370 e. The lowest BCUT2D eigenvalue weighted by Gasteiger charge is -2.15. The van der Waals surface area contributed by atoms with Crippen LogP contribution < -0.4 is 10.6 Å². The lowest BCUT2D eigenvalue weighted by molar-refractivity contribution is 0.602. The van der Waals surface area contributed by atoms with E-state index in [-0.39, 0.29) is 0 Å². The highest BCUT2D eigenvalue weighted by Crippen LogP contribution is 2.39. The molecule has 0 aromatic carbocycles. The predicted molar refractivity (Wildman–Crippen MR) is 83.2 cm³/mol. The number of aromatic nitrogens is 2. The SMILES string of the molecule is CCCNc1cc(NC2CCC(C)C2)nc(C2CC2)n1. The molecule has 4 nitrogen and oxygen atoms in total. The zero-order valence-corrected chi connectivity index (χ0v) is 12.7. The Labute approximate surface area is 121 Å². The van der Waals surface area contributed by atoms with E-state index >= 15 is 0 Å². The second-order valence-electron chi connectivity index (χ2n) is 6.46. The molecule has 2 aliphatic rings. The Morgan fingerprint density at radius 1 is 1.15 bits per heavy atom. The van der Waals surface area contributed by atoms with Crippen molar-refractivity contribution in [1.82, 2.24) is 9.97 Å². The van der Waals surface area contributed by atoms with E-state index < -0.39 is 0 Å². The molecule has 0 spiro atoms. The number of hydrogen-bond acceptors (Lipinski definition) is 4. The van der Waals surface area contributed by atoms with Crippen LogP contribution >= 0.6 is 0 Å². The molecule has 1 aromatic heterocycles. The summed E-state index contributed by atoms with van der Waals surface area (Å²) in [5, 5.41) is 7.02. The summed E-state index contributed by atoms with van der Waals surface area (Å²) in [6.45, 7) is 5.49. The Kier molecular flexibility index (Phi) is 4.08. The number of nitrogens with one attached hydrogen (secondary N) is 2. The minimum Gasteiger partial charge on any atom is -0.370 e. The molecule has 0 radical (unpaired) electrons. The monoisotopic (exact) mass is 274 g/mol. The summed E-state index contributed by atoms with van der Waals surface area (Å²) in [6, 6.07) is 2.66. The van der Waals surface area contributed by atoms with Gasteiger partial charge >= 0.3 is 0 Å². The molecule has 0 aliphatic heterocycles. The van der Waals surface area contributed by atoms with Crippen LogP contribution in [0.1, 0.15) is 64.1 Å². The molecule has 1 aromatic rings. The fourth-order valence-corrected chi connectivity index (χ4v) is 2.95. The fourth-order valence-electron chi connectivity index (χ4n) is 2.95. The van der Waals surface area contributed by atoms with Crippen LogP contribution in [0.5, 0.6) is 0 Å². The molecule has 2 saturated carbocycles. The fraction of sp³-hybridized carbons (Fsp3) is 0.750. The molecule has 2 atom stereocenters. The number of hydrogen-bond donors (Lipinski definition) is 2. The third kappa shape index (κ3) is 3.41. The average molecular weight is 274 g/mol. The quantitative estimate of drug-likeness (QED) is 0.829. The third-order valence-corrected chi connectivity index (χ3v) is 4.29. The summed E-state index contributed by atoms with van der Waals surface area (Å²) in [5.74, 6) is 4.47. The zero-order valence-electron chi connectivity index (χ0n) is 12.7. The molecule has 3 rings (SSSR count). The molecular formula is C16H26N4. The highest BCUT2D eigenvalue weighted by atomic mass is 15.1. The van der Waals surface area contributed by atoms with E-state index in [1.807, 2.05) is 0 Å². The standard InChI is InChI=1S/C16H26N4/c1-3-8-17-14-10-15(18-13-7-4-11(2)9-13)20-16(19-14)12-5-6-12/h10-13H,3-9H2,1-2H3,(H2,17,18,19,20). The van der Waals surface area contributed by atoms with Gasteiger partial charge in [-0.25, -0.2) is 9.97 Å². The molecule has 2 fully saturated rings. The van der Waals surface area contributed by atoms with Crippen molar-refractivity contribution in [1.29, 1.82) is 0 Å². The van der Waals surface area contributed by atoms with Crippen molar-refractivity contribution in [2.24, 2.45) is 5.92 Å². The summed E-state index contributed by atoms with van der Waals surface area (Å²) < 4.78 is 0. The normalized spacial score (nSPS) is 25.7. The highest BCUT2D eigenvalue weighted by Gasteiger charge is 2.28. The van der Waals surface area contributed by atoms with E-state index in [0.29, 0.717) is 12.0 Å². The van der Waals surface area contributed by atoms with Crippen LogP contribution in [0.3, 0.4) is 0 Å². The smallest absolute Gasteiger partial charge is 0.136 e. The van der Waals surface area contributed by atoms with Gasteiger partial charge in [-0.15, -0.1) is 0 Å².